The van der Waals surface area contributed by atoms with E-state index in [-0.39, 0.29) is 24.7 Å². The first-order chi connectivity index (χ1) is 13.7. The summed E-state index contributed by atoms with van der Waals surface area (Å²) in [5.74, 6) is 3.00. The SMILES string of the molecule is CCO[C@@H]1OC(C(=O)NC2CC3CCC2C3)=C[C@H](C2CCCC2)[C@H]1CCCO. The highest BCUT2D eigenvalue weighted by atomic mass is 16.7. The zero-order valence-electron chi connectivity index (χ0n) is 17.3. The molecule has 28 heavy (non-hydrogen) atoms. The Labute approximate surface area is 169 Å². The normalized spacial score (nSPS) is 37.7. The summed E-state index contributed by atoms with van der Waals surface area (Å²) >= 11 is 0. The number of aliphatic hydroxyl groups excluding tert-OH is 1. The molecule has 158 valence electrons. The van der Waals surface area contributed by atoms with E-state index >= 15 is 0 Å². The second-order valence-electron chi connectivity index (χ2n) is 9.38. The van der Waals surface area contributed by atoms with Crippen LogP contribution in [0, 0.1) is 29.6 Å². The third kappa shape index (κ3) is 4.25. The number of nitrogens with one attached hydrogen (secondary N) is 1. The maximum atomic E-state index is 13.1. The van der Waals surface area contributed by atoms with E-state index in [2.05, 4.69) is 11.4 Å². The predicted molar refractivity (Wildman–Crippen MR) is 107 cm³/mol. The van der Waals surface area contributed by atoms with Crippen LogP contribution < -0.4 is 5.32 Å². The molecule has 0 saturated heterocycles. The van der Waals surface area contributed by atoms with Crippen molar-refractivity contribution < 1.29 is 19.4 Å². The smallest absolute Gasteiger partial charge is 0.286 e. The Morgan fingerprint density at radius 3 is 2.68 bits per heavy atom. The number of ether oxygens (including phenoxy) is 2. The van der Waals surface area contributed by atoms with Crippen molar-refractivity contribution in [3.05, 3.63) is 11.8 Å². The first kappa shape index (κ1) is 20.2. The largest absolute Gasteiger partial charge is 0.459 e. The quantitative estimate of drug-likeness (QED) is 0.661. The number of rotatable bonds is 8. The van der Waals surface area contributed by atoms with Crippen LogP contribution in [-0.2, 0) is 14.3 Å². The van der Waals surface area contributed by atoms with Gasteiger partial charge < -0.3 is 19.9 Å². The van der Waals surface area contributed by atoms with Crippen LogP contribution in [0.1, 0.15) is 71.1 Å². The molecular formula is C23H37NO4. The molecule has 1 heterocycles. The first-order valence-electron chi connectivity index (χ1n) is 11.6. The lowest BCUT2D eigenvalue weighted by atomic mass is 9.76. The van der Waals surface area contributed by atoms with Gasteiger partial charge in [0.1, 0.15) is 0 Å². The fourth-order valence-corrected chi connectivity index (χ4v) is 6.33. The Hall–Kier alpha value is -1.07. The fraction of sp³-hybridized carbons (Fsp3) is 0.870. The van der Waals surface area contributed by atoms with Crippen LogP contribution in [0.25, 0.3) is 0 Å². The van der Waals surface area contributed by atoms with Gasteiger partial charge in [-0.15, -0.1) is 0 Å². The van der Waals surface area contributed by atoms with Crippen molar-refractivity contribution in [2.45, 2.75) is 83.5 Å². The number of fused-ring (bicyclic) bond motifs is 2. The summed E-state index contributed by atoms with van der Waals surface area (Å²) in [6, 6.07) is 0.318. The second kappa shape index (κ2) is 9.17. The third-order valence-corrected chi connectivity index (χ3v) is 7.68. The molecule has 1 aliphatic heterocycles. The highest BCUT2D eigenvalue weighted by molar-refractivity contribution is 5.91. The molecular weight excluding hydrogens is 354 g/mol. The second-order valence-corrected chi connectivity index (χ2v) is 9.38. The molecule has 3 unspecified atom stereocenters. The van der Waals surface area contributed by atoms with E-state index in [1.807, 2.05) is 6.92 Å². The Balaban J connectivity index is 1.50. The summed E-state index contributed by atoms with van der Waals surface area (Å²) in [4.78, 5) is 13.1. The zero-order valence-corrected chi connectivity index (χ0v) is 17.3. The third-order valence-electron chi connectivity index (χ3n) is 7.68. The van der Waals surface area contributed by atoms with Gasteiger partial charge in [0.15, 0.2) is 5.76 Å². The zero-order chi connectivity index (χ0) is 19.5. The lowest BCUT2D eigenvalue weighted by Gasteiger charge is -2.39. The van der Waals surface area contributed by atoms with Crippen molar-refractivity contribution in [3.8, 4) is 0 Å². The molecule has 4 rings (SSSR count). The van der Waals surface area contributed by atoms with Gasteiger partial charge in [0.05, 0.1) is 0 Å². The molecule has 5 nitrogen and oxygen atoms in total. The number of carbonyl (C=O) groups is 1. The van der Waals surface area contributed by atoms with E-state index in [4.69, 9.17) is 9.47 Å². The molecule has 3 saturated carbocycles. The number of allylic oxidation sites excluding steroid dienone is 1. The van der Waals surface area contributed by atoms with E-state index in [1.165, 1.54) is 44.9 Å². The minimum atomic E-state index is -0.382. The topological polar surface area (TPSA) is 67.8 Å². The van der Waals surface area contributed by atoms with E-state index in [0.717, 1.165) is 25.2 Å². The molecule has 0 spiro atoms. The van der Waals surface area contributed by atoms with Crippen LogP contribution in [-0.4, -0.2) is 36.6 Å². The lowest BCUT2D eigenvalue weighted by Crippen LogP contribution is -2.44. The van der Waals surface area contributed by atoms with E-state index in [0.29, 0.717) is 36.2 Å². The number of carbonyl (C=O) groups excluding carboxylic acids is 1. The van der Waals surface area contributed by atoms with Gasteiger partial charge in [-0.1, -0.05) is 19.3 Å². The van der Waals surface area contributed by atoms with Gasteiger partial charge in [-0.05, 0) is 81.6 Å². The van der Waals surface area contributed by atoms with Crippen molar-refractivity contribution in [2.75, 3.05) is 13.2 Å². The number of aliphatic hydroxyl groups is 1. The summed E-state index contributed by atoms with van der Waals surface area (Å²) in [7, 11) is 0. The maximum Gasteiger partial charge on any atom is 0.286 e. The first-order valence-corrected chi connectivity index (χ1v) is 11.6. The van der Waals surface area contributed by atoms with E-state index < -0.39 is 0 Å². The maximum absolute atomic E-state index is 13.1. The Kier molecular flexibility index (Phi) is 6.62. The summed E-state index contributed by atoms with van der Waals surface area (Å²) in [5.41, 5.74) is 0. The Morgan fingerprint density at radius 2 is 2.04 bits per heavy atom. The van der Waals surface area contributed by atoms with Crippen molar-refractivity contribution in [2.24, 2.45) is 29.6 Å². The molecule has 0 aromatic heterocycles. The van der Waals surface area contributed by atoms with Gasteiger partial charge >= 0.3 is 0 Å². The highest BCUT2D eigenvalue weighted by Crippen LogP contribution is 2.45. The molecule has 5 heteroatoms. The summed E-state index contributed by atoms with van der Waals surface area (Å²) in [6.07, 6.45) is 13.3. The van der Waals surface area contributed by atoms with Crippen molar-refractivity contribution >= 4 is 5.91 Å². The average molecular weight is 392 g/mol. The van der Waals surface area contributed by atoms with Crippen molar-refractivity contribution in [1.29, 1.82) is 0 Å². The minimum absolute atomic E-state index is 0.0501. The number of hydrogen-bond acceptors (Lipinski definition) is 4. The highest BCUT2D eigenvalue weighted by Gasteiger charge is 2.43. The Bertz CT molecular complexity index is 571. The molecule has 1 amide bonds. The van der Waals surface area contributed by atoms with Crippen LogP contribution in [0.15, 0.2) is 11.8 Å². The summed E-state index contributed by atoms with van der Waals surface area (Å²) in [5, 5.41) is 12.6. The monoisotopic (exact) mass is 391 g/mol. The standard InChI is InChI=1S/C23H37NO4/c1-2-27-23-18(8-5-11-25)19(16-6-3-4-7-16)14-21(28-23)22(26)24-20-13-15-9-10-17(20)12-15/h14-20,23,25H,2-13H2,1H3,(H,24,26)/t15?,17?,18-,19-,20?,23-/m1/s1. The van der Waals surface area contributed by atoms with E-state index in [1.54, 1.807) is 0 Å². The van der Waals surface area contributed by atoms with E-state index in [9.17, 15) is 9.90 Å². The van der Waals surface area contributed by atoms with Crippen molar-refractivity contribution in [3.63, 3.8) is 0 Å². The van der Waals surface area contributed by atoms with Gasteiger partial charge in [-0.3, -0.25) is 4.79 Å². The molecule has 6 atom stereocenters. The molecule has 2 N–H and O–H groups in total. The van der Waals surface area contributed by atoms with Crippen LogP contribution in [0.3, 0.4) is 0 Å². The van der Waals surface area contributed by atoms with Crippen LogP contribution >= 0.6 is 0 Å². The molecule has 0 aromatic rings. The number of hydrogen-bond donors (Lipinski definition) is 2. The Morgan fingerprint density at radius 1 is 1.21 bits per heavy atom. The van der Waals surface area contributed by atoms with Crippen LogP contribution in [0.5, 0.6) is 0 Å². The number of amides is 1. The van der Waals surface area contributed by atoms with Gasteiger partial charge in [0.25, 0.3) is 5.91 Å². The molecule has 2 bridgehead atoms. The fourth-order valence-electron chi connectivity index (χ4n) is 6.33. The molecule has 0 aromatic carbocycles. The summed E-state index contributed by atoms with van der Waals surface area (Å²) < 4.78 is 12.1. The molecule has 4 aliphatic rings. The molecule has 0 radical (unpaired) electrons. The van der Waals surface area contributed by atoms with Crippen molar-refractivity contribution in [1.82, 2.24) is 5.32 Å². The van der Waals surface area contributed by atoms with Crippen LogP contribution in [0.4, 0.5) is 0 Å². The molecule has 3 aliphatic carbocycles. The van der Waals surface area contributed by atoms with Gasteiger partial charge in [-0.25, -0.2) is 0 Å². The summed E-state index contributed by atoms with van der Waals surface area (Å²) in [6.45, 7) is 2.73. The van der Waals surface area contributed by atoms with Gasteiger partial charge in [-0.2, -0.15) is 0 Å². The lowest BCUT2D eigenvalue weighted by molar-refractivity contribution is -0.176. The van der Waals surface area contributed by atoms with Gasteiger partial charge in [0.2, 0.25) is 6.29 Å². The predicted octanol–water partition coefficient (Wildman–Crippen LogP) is 3.76. The average Bonchev–Trinajstić information content (AvgIpc) is 3.45. The van der Waals surface area contributed by atoms with Gasteiger partial charge in [0, 0.05) is 25.2 Å². The minimum Gasteiger partial charge on any atom is -0.459 e. The molecule has 3 fully saturated rings. The van der Waals surface area contributed by atoms with Crippen LogP contribution in [0.2, 0.25) is 0 Å².